The number of halogens is 1. The zero-order valence-corrected chi connectivity index (χ0v) is 18.7. The van der Waals surface area contributed by atoms with Crippen LogP contribution in [0.3, 0.4) is 0 Å². The van der Waals surface area contributed by atoms with Crippen molar-refractivity contribution in [2.24, 2.45) is 5.92 Å². The molecule has 8 heteroatoms. The molecule has 168 valence electrons. The number of thiazole rings is 1. The maximum Gasteiger partial charge on any atom is 0.296 e. The third-order valence-electron chi connectivity index (χ3n) is 6.75. The molecule has 0 radical (unpaired) electrons. The van der Waals surface area contributed by atoms with E-state index in [0.717, 1.165) is 30.4 Å². The molecule has 0 N–H and O–H groups in total. The van der Waals surface area contributed by atoms with E-state index >= 15 is 4.39 Å². The molecule has 1 aliphatic carbocycles. The summed E-state index contributed by atoms with van der Waals surface area (Å²) in [7, 11) is 1.59. The Balaban J connectivity index is 1.52. The number of nitrogens with zero attached hydrogens (tertiary/aromatic N) is 2. The molecule has 1 saturated carbocycles. The maximum atomic E-state index is 15.0. The molecule has 1 amide bonds. The second-order valence-electron chi connectivity index (χ2n) is 8.58. The van der Waals surface area contributed by atoms with Gasteiger partial charge in [0, 0.05) is 5.56 Å². The molecule has 3 unspecified atom stereocenters. The molecule has 3 atom stereocenters. The Morgan fingerprint density at radius 3 is 2.79 bits per heavy atom. The zero-order chi connectivity index (χ0) is 22.7. The van der Waals surface area contributed by atoms with E-state index < -0.39 is 17.8 Å². The van der Waals surface area contributed by atoms with E-state index in [4.69, 9.17) is 9.47 Å². The van der Waals surface area contributed by atoms with Crippen molar-refractivity contribution in [2.45, 2.75) is 37.8 Å². The highest BCUT2D eigenvalue weighted by molar-refractivity contribution is 7.22. The van der Waals surface area contributed by atoms with Gasteiger partial charge in [-0.1, -0.05) is 36.0 Å². The predicted molar refractivity (Wildman–Crippen MR) is 122 cm³/mol. The topological polar surface area (TPSA) is 68.7 Å². The molecular formula is C25H21FN2O4S. The number of ether oxygens (including phenoxy) is 2. The number of hydrogen-bond donors (Lipinski definition) is 0. The summed E-state index contributed by atoms with van der Waals surface area (Å²) in [5, 5.41) is 0.394. The van der Waals surface area contributed by atoms with E-state index in [0.29, 0.717) is 16.4 Å². The number of hydrogen-bond acceptors (Lipinski definition) is 6. The molecule has 0 spiro atoms. The average Bonchev–Trinajstić information content (AvgIpc) is 3.37. The van der Waals surface area contributed by atoms with E-state index in [2.05, 4.69) is 4.98 Å². The summed E-state index contributed by atoms with van der Waals surface area (Å²) >= 11 is 1.30. The molecule has 2 aliphatic heterocycles. The zero-order valence-electron chi connectivity index (χ0n) is 17.9. The number of carbonyl (C=O) groups excluding carboxylic acids is 2. The first-order chi connectivity index (χ1) is 16.1. The minimum Gasteiger partial charge on any atom is -0.497 e. The van der Waals surface area contributed by atoms with Crippen molar-refractivity contribution in [3.8, 4) is 5.75 Å². The average molecular weight is 465 g/mol. The fraction of sp³-hybridized carbons (Fsp3) is 0.320. The normalized spacial score (nSPS) is 24.7. The van der Waals surface area contributed by atoms with Gasteiger partial charge < -0.3 is 9.47 Å². The van der Waals surface area contributed by atoms with Gasteiger partial charge in [-0.05, 0) is 43.5 Å². The molecule has 33 heavy (non-hydrogen) atoms. The van der Waals surface area contributed by atoms with Gasteiger partial charge in [-0.2, -0.15) is 0 Å². The number of Topliss-reactive ketones (excluding diaryl/α,β-unsaturated/α-hetero) is 1. The fourth-order valence-corrected chi connectivity index (χ4v) is 6.18. The summed E-state index contributed by atoms with van der Waals surface area (Å²) in [6.45, 7) is 0. The standard InChI is InChI=1S/C25H21FN2O4S/c1-31-13-10-11-17-19(12-13)33-25(27-17)28-21(14-6-2-4-8-16(14)26)20-22(29)15-7-3-5-9-18(15)32-23(20)24(28)30/h2,4,6,8,10-12,15,18,21H,3,5,7,9H2,1H3. The lowest BCUT2D eigenvalue weighted by Gasteiger charge is -2.35. The Morgan fingerprint density at radius 2 is 1.97 bits per heavy atom. The molecule has 6 nitrogen and oxygen atoms in total. The smallest absolute Gasteiger partial charge is 0.296 e. The first-order valence-corrected chi connectivity index (χ1v) is 11.9. The minimum atomic E-state index is -0.911. The third-order valence-corrected chi connectivity index (χ3v) is 7.77. The van der Waals surface area contributed by atoms with Crippen molar-refractivity contribution in [2.75, 3.05) is 12.0 Å². The van der Waals surface area contributed by atoms with E-state index in [1.54, 1.807) is 31.4 Å². The van der Waals surface area contributed by atoms with Gasteiger partial charge in [-0.3, -0.25) is 14.5 Å². The Bertz CT molecular complexity index is 1330. The molecule has 3 heterocycles. The van der Waals surface area contributed by atoms with Gasteiger partial charge >= 0.3 is 0 Å². The van der Waals surface area contributed by atoms with Crippen molar-refractivity contribution in [1.29, 1.82) is 0 Å². The van der Waals surface area contributed by atoms with Crippen LogP contribution in [-0.4, -0.2) is 29.9 Å². The summed E-state index contributed by atoms with van der Waals surface area (Å²) in [6.07, 6.45) is 3.08. The Morgan fingerprint density at radius 1 is 1.15 bits per heavy atom. The van der Waals surface area contributed by atoms with E-state index in [1.807, 2.05) is 12.1 Å². The van der Waals surface area contributed by atoms with Crippen molar-refractivity contribution in [3.63, 3.8) is 0 Å². The molecule has 3 aromatic rings. The number of anilines is 1. The Kier molecular flexibility index (Phi) is 4.72. The molecule has 6 rings (SSSR count). The predicted octanol–water partition coefficient (Wildman–Crippen LogP) is 4.94. The molecular weight excluding hydrogens is 443 g/mol. The SMILES string of the molecule is COc1ccc2nc(N3C(=O)C4=C(C(=O)C5CCCCC5O4)C3c3ccccc3F)sc2c1. The highest BCUT2D eigenvalue weighted by Gasteiger charge is 2.53. The number of carbonyl (C=O) groups is 2. The van der Waals surface area contributed by atoms with Crippen LogP contribution >= 0.6 is 11.3 Å². The van der Waals surface area contributed by atoms with Gasteiger partial charge in [0.1, 0.15) is 23.7 Å². The molecule has 0 saturated heterocycles. The van der Waals surface area contributed by atoms with Crippen LogP contribution in [0.4, 0.5) is 9.52 Å². The molecule has 0 bridgehead atoms. The lowest BCUT2D eigenvalue weighted by Crippen LogP contribution is -2.39. The van der Waals surface area contributed by atoms with Crippen LogP contribution < -0.4 is 9.64 Å². The minimum absolute atomic E-state index is 0.0493. The Labute approximate surface area is 193 Å². The summed E-state index contributed by atoms with van der Waals surface area (Å²) in [5.74, 6) is -0.589. The highest BCUT2D eigenvalue weighted by atomic mass is 32.1. The Hall–Kier alpha value is -3.26. The van der Waals surface area contributed by atoms with Gasteiger partial charge in [-0.25, -0.2) is 9.37 Å². The highest BCUT2D eigenvalue weighted by Crippen LogP contribution is 2.49. The van der Waals surface area contributed by atoms with Crippen molar-refractivity contribution < 1.29 is 23.5 Å². The first kappa shape index (κ1) is 20.4. The van der Waals surface area contributed by atoms with Crippen LogP contribution in [0.25, 0.3) is 10.2 Å². The lowest BCUT2D eigenvalue weighted by molar-refractivity contribution is -0.131. The number of ketones is 1. The first-order valence-electron chi connectivity index (χ1n) is 11.0. The number of fused-ring (bicyclic) bond motifs is 2. The van der Waals surface area contributed by atoms with E-state index in [-0.39, 0.29) is 34.7 Å². The molecule has 1 fully saturated rings. The quantitative estimate of drug-likeness (QED) is 0.549. The summed E-state index contributed by atoms with van der Waals surface area (Å²) < 4.78 is 27.3. The molecule has 2 aromatic carbocycles. The van der Waals surface area contributed by atoms with Gasteiger partial charge in [0.15, 0.2) is 16.7 Å². The number of amides is 1. The molecule has 3 aliphatic rings. The largest absolute Gasteiger partial charge is 0.497 e. The number of methoxy groups -OCH3 is 1. The lowest BCUT2D eigenvalue weighted by atomic mass is 9.77. The van der Waals surface area contributed by atoms with Crippen LogP contribution in [0.1, 0.15) is 37.3 Å². The maximum absolute atomic E-state index is 15.0. The van der Waals surface area contributed by atoms with Crippen LogP contribution in [0.5, 0.6) is 5.75 Å². The van der Waals surface area contributed by atoms with E-state index in [9.17, 15) is 9.59 Å². The number of aromatic nitrogens is 1. The van der Waals surface area contributed by atoms with Gasteiger partial charge in [-0.15, -0.1) is 0 Å². The summed E-state index contributed by atoms with van der Waals surface area (Å²) in [6, 6.07) is 10.8. The summed E-state index contributed by atoms with van der Waals surface area (Å²) in [5.41, 5.74) is 1.21. The monoisotopic (exact) mass is 464 g/mol. The second kappa shape index (κ2) is 7.66. The van der Waals surface area contributed by atoms with Gasteiger partial charge in [0.25, 0.3) is 5.91 Å². The van der Waals surface area contributed by atoms with Gasteiger partial charge in [0.05, 0.1) is 28.8 Å². The second-order valence-corrected chi connectivity index (χ2v) is 9.59. The van der Waals surface area contributed by atoms with Crippen molar-refractivity contribution in [3.05, 3.63) is 65.2 Å². The van der Waals surface area contributed by atoms with Crippen LogP contribution in [0.2, 0.25) is 0 Å². The fourth-order valence-electron chi connectivity index (χ4n) is 5.16. The van der Waals surface area contributed by atoms with Crippen molar-refractivity contribution in [1.82, 2.24) is 4.98 Å². The van der Waals surface area contributed by atoms with Gasteiger partial charge in [0.2, 0.25) is 0 Å². The van der Waals surface area contributed by atoms with Crippen LogP contribution in [0.15, 0.2) is 53.8 Å². The number of rotatable bonds is 3. The van der Waals surface area contributed by atoms with Crippen molar-refractivity contribution >= 4 is 38.4 Å². The van der Waals surface area contributed by atoms with Crippen LogP contribution in [-0.2, 0) is 14.3 Å². The van der Waals surface area contributed by atoms with Crippen LogP contribution in [0, 0.1) is 11.7 Å². The third kappa shape index (κ3) is 3.08. The summed E-state index contributed by atoms with van der Waals surface area (Å²) in [4.78, 5) is 33.4. The number of benzene rings is 2. The van der Waals surface area contributed by atoms with E-state index in [1.165, 1.54) is 22.3 Å². The molecule has 1 aromatic heterocycles.